The van der Waals surface area contributed by atoms with Gasteiger partial charge in [-0.05, 0) is 17.7 Å². The van der Waals surface area contributed by atoms with Gasteiger partial charge in [0.05, 0.1) is 7.11 Å². The van der Waals surface area contributed by atoms with Crippen LogP contribution in [0.3, 0.4) is 0 Å². The Balaban J connectivity index is 2.16. The smallest absolute Gasteiger partial charge is 0.325 e. The Hall–Kier alpha value is -1.95. The number of benzene rings is 1. The molecule has 0 fully saturated rings. The standard InChI is InChI=1S/C14H14BrN3O2/c1-18(9-13(19)20-2)14-16-7-11(8-17-14)10-4-3-5-12(15)6-10/h3-8H,9H2,1-2H3. The number of halogens is 1. The van der Waals surface area contributed by atoms with E-state index in [1.807, 2.05) is 24.3 Å². The van der Waals surface area contributed by atoms with Crippen molar-refractivity contribution in [2.24, 2.45) is 0 Å². The van der Waals surface area contributed by atoms with Crippen LogP contribution < -0.4 is 4.90 Å². The number of ether oxygens (including phenoxy) is 1. The van der Waals surface area contributed by atoms with Crippen molar-refractivity contribution in [3.05, 3.63) is 41.1 Å². The fourth-order valence-corrected chi connectivity index (χ4v) is 2.06. The van der Waals surface area contributed by atoms with Gasteiger partial charge >= 0.3 is 5.97 Å². The third-order valence-electron chi connectivity index (χ3n) is 2.73. The number of rotatable bonds is 4. The molecule has 0 bridgehead atoms. The number of aromatic nitrogens is 2. The number of carbonyl (C=O) groups is 1. The molecule has 0 unspecified atom stereocenters. The predicted molar refractivity (Wildman–Crippen MR) is 80.5 cm³/mol. The highest BCUT2D eigenvalue weighted by Crippen LogP contribution is 2.22. The third kappa shape index (κ3) is 3.54. The van der Waals surface area contributed by atoms with Crippen molar-refractivity contribution in [3.63, 3.8) is 0 Å². The van der Waals surface area contributed by atoms with Crippen molar-refractivity contribution in [1.29, 1.82) is 0 Å². The minimum absolute atomic E-state index is 0.118. The number of nitrogens with zero attached hydrogens (tertiary/aromatic N) is 3. The summed E-state index contributed by atoms with van der Waals surface area (Å²) in [7, 11) is 3.10. The first kappa shape index (κ1) is 14.5. The molecule has 6 heteroatoms. The van der Waals surface area contributed by atoms with Crippen LogP contribution in [0, 0.1) is 0 Å². The van der Waals surface area contributed by atoms with Crippen LogP contribution in [0.15, 0.2) is 41.1 Å². The molecule has 5 nitrogen and oxygen atoms in total. The summed E-state index contributed by atoms with van der Waals surface area (Å²) in [5.74, 6) is 0.154. The molecule has 1 aromatic carbocycles. The van der Waals surface area contributed by atoms with Crippen molar-refractivity contribution < 1.29 is 9.53 Å². The average Bonchev–Trinajstić information content (AvgIpc) is 2.47. The topological polar surface area (TPSA) is 55.3 Å². The molecule has 2 rings (SSSR count). The summed E-state index contributed by atoms with van der Waals surface area (Å²) in [5.41, 5.74) is 1.95. The summed E-state index contributed by atoms with van der Waals surface area (Å²) in [6.45, 7) is 0.118. The van der Waals surface area contributed by atoms with Crippen LogP contribution in [0.4, 0.5) is 5.95 Å². The van der Waals surface area contributed by atoms with Crippen LogP contribution in [0.25, 0.3) is 11.1 Å². The molecule has 1 aromatic heterocycles. The molecule has 0 aliphatic carbocycles. The maximum Gasteiger partial charge on any atom is 0.325 e. The number of esters is 1. The van der Waals surface area contributed by atoms with Gasteiger partial charge in [0.1, 0.15) is 6.54 Å². The summed E-state index contributed by atoms with van der Waals surface area (Å²) in [4.78, 5) is 21.4. The highest BCUT2D eigenvalue weighted by atomic mass is 79.9. The van der Waals surface area contributed by atoms with Gasteiger partial charge in [-0.2, -0.15) is 0 Å². The zero-order valence-electron chi connectivity index (χ0n) is 11.2. The second-order valence-corrected chi connectivity index (χ2v) is 5.13. The predicted octanol–water partition coefficient (Wildman–Crippen LogP) is 2.52. The van der Waals surface area contributed by atoms with Crippen LogP contribution in [-0.2, 0) is 9.53 Å². The highest BCUT2D eigenvalue weighted by molar-refractivity contribution is 9.10. The lowest BCUT2D eigenvalue weighted by atomic mass is 10.1. The van der Waals surface area contributed by atoms with Gasteiger partial charge in [-0.25, -0.2) is 9.97 Å². The maximum absolute atomic E-state index is 11.2. The van der Waals surface area contributed by atoms with Crippen LogP contribution >= 0.6 is 15.9 Å². The Bertz CT molecular complexity index is 602. The maximum atomic E-state index is 11.2. The molecular weight excluding hydrogens is 322 g/mol. The minimum Gasteiger partial charge on any atom is -0.468 e. The quantitative estimate of drug-likeness (QED) is 0.803. The molecule has 104 valence electrons. The minimum atomic E-state index is -0.327. The van der Waals surface area contributed by atoms with Gasteiger partial charge in [0.2, 0.25) is 5.95 Å². The normalized spacial score (nSPS) is 10.2. The number of carbonyl (C=O) groups excluding carboxylic acids is 1. The molecule has 2 aromatic rings. The van der Waals surface area contributed by atoms with E-state index in [1.54, 1.807) is 24.3 Å². The molecule has 0 spiro atoms. The van der Waals surface area contributed by atoms with Crippen molar-refractivity contribution in [2.45, 2.75) is 0 Å². The van der Waals surface area contributed by atoms with E-state index in [-0.39, 0.29) is 12.5 Å². The number of anilines is 1. The summed E-state index contributed by atoms with van der Waals surface area (Å²) < 4.78 is 5.61. The van der Waals surface area contributed by atoms with Crippen molar-refractivity contribution in [3.8, 4) is 11.1 Å². The van der Waals surface area contributed by atoms with Crippen molar-refractivity contribution in [2.75, 3.05) is 25.6 Å². The van der Waals surface area contributed by atoms with Crippen LogP contribution in [0.1, 0.15) is 0 Å². The molecule has 0 atom stereocenters. The lowest BCUT2D eigenvalue weighted by molar-refractivity contribution is -0.138. The van der Waals surface area contributed by atoms with Gasteiger partial charge in [-0.1, -0.05) is 28.1 Å². The van der Waals surface area contributed by atoms with E-state index >= 15 is 0 Å². The van der Waals surface area contributed by atoms with E-state index in [9.17, 15) is 4.79 Å². The Kier molecular flexibility index (Phi) is 4.68. The van der Waals surface area contributed by atoms with E-state index in [1.165, 1.54) is 7.11 Å². The average molecular weight is 336 g/mol. The van der Waals surface area contributed by atoms with Gasteiger partial charge in [0.25, 0.3) is 0 Å². The van der Waals surface area contributed by atoms with E-state index in [0.717, 1.165) is 15.6 Å². The Morgan fingerprint density at radius 1 is 1.30 bits per heavy atom. The molecule has 0 saturated carbocycles. The van der Waals surface area contributed by atoms with E-state index in [4.69, 9.17) is 0 Å². The Morgan fingerprint density at radius 3 is 2.60 bits per heavy atom. The van der Waals surface area contributed by atoms with Gasteiger partial charge in [0, 0.05) is 29.5 Å². The summed E-state index contributed by atoms with van der Waals surface area (Å²) in [6.07, 6.45) is 3.47. The van der Waals surface area contributed by atoms with E-state index in [2.05, 4.69) is 30.6 Å². The highest BCUT2D eigenvalue weighted by Gasteiger charge is 2.10. The summed E-state index contributed by atoms with van der Waals surface area (Å²) in [5, 5.41) is 0. The molecule has 0 saturated heterocycles. The first-order valence-corrected chi connectivity index (χ1v) is 6.75. The van der Waals surface area contributed by atoms with Crippen LogP contribution in [0.5, 0.6) is 0 Å². The monoisotopic (exact) mass is 335 g/mol. The molecular formula is C14H14BrN3O2. The first-order chi connectivity index (χ1) is 9.60. The summed E-state index contributed by atoms with van der Waals surface area (Å²) >= 11 is 3.43. The van der Waals surface area contributed by atoms with Crippen molar-refractivity contribution >= 4 is 27.8 Å². The number of likely N-dealkylation sites (N-methyl/N-ethyl adjacent to an activating group) is 1. The van der Waals surface area contributed by atoms with Gasteiger partial charge in [-0.15, -0.1) is 0 Å². The molecule has 0 N–H and O–H groups in total. The van der Waals surface area contributed by atoms with E-state index < -0.39 is 0 Å². The SMILES string of the molecule is COC(=O)CN(C)c1ncc(-c2cccc(Br)c2)cn1. The van der Waals surface area contributed by atoms with Crippen molar-refractivity contribution in [1.82, 2.24) is 9.97 Å². The largest absolute Gasteiger partial charge is 0.468 e. The fraction of sp³-hybridized carbons (Fsp3) is 0.214. The second-order valence-electron chi connectivity index (χ2n) is 4.21. The molecule has 20 heavy (non-hydrogen) atoms. The second kappa shape index (κ2) is 6.47. The van der Waals surface area contributed by atoms with E-state index in [0.29, 0.717) is 5.95 Å². The zero-order valence-corrected chi connectivity index (χ0v) is 12.8. The third-order valence-corrected chi connectivity index (χ3v) is 3.22. The van der Waals surface area contributed by atoms with Gasteiger partial charge in [0.15, 0.2) is 0 Å². The molecule has 0 amide bonds. The van der Waals surface area contributed by atoms with Gasteiger partial charge in [-0.3, -0.25) is 4.79 Å². The Morgan fingerprint density at radius 2 is 2.00 bits per heavy atom. The summed E-state index contributed by atoms with van der Waals surface area (Å²) in [6, 6.07) is 7.90. The number of methoxy groups -OCH3 is 1. The fourth-order valence-electron chi connectivity index (χ4n) is 1.66. The van der Waals surface area contributed by atoms with Crippen LogP contribution in [0.2, 0.25) is 0 Å². The first-order valence-electron chi connectivity index (χ1n) is 5.96. The molecule has 1 heterocycles. The van der Waals surface area contributed by atoms with Gasteiger partial charge < -0.3 is 9.64 Å². The molecule has 0 radical (unpaired) electrons. The zero-order chi connectivity index (χ0) is 14.5. The van der Waals surface area contributed by atoms with Crippen LogP contribution in [-0.4, -0.2) is 36.6 Å². The molecule has 0 aliphatic rings. The number of hydrogen-bond donors (Lipinski definition) is 0. The Labute approximate surface area is 125 Å². The lowest BCUT2D eigenvalue weighted by Gasteiger charge is -2.15. The lowest BCUT2D eigenvalue weighted by Crippen LogP contribution is -2.27. The molecule has 0 aliphatic heterocycles. The number of hydrogen-bond acceptors (Lipinski definition) is 5.